The molecule has 1 saturated heterocycles. The normalized spacial score (nSPS) is 23.4. The molecule has 3 nitrogen and oxygen atoms in total. The Hall–Kier alpha value is -1.06. The molecule has 0 saturated carbocycles. The van der Waals surface area contributed by atoms with E-state index >= 15 is 0 Å². The molecule has 1 fully saturated rings. The molecule has 1 aliphatic heterocycles. The van der Waals surface area contributed by atoms with Gasteiger partial charge in [0, 0.05) is 18.8 Å². The van der Waals surface area contributed by atoms with Crippen LogP contribution in [0.3, 0.4) is 0 Å². The lowest BCUT2D eigenvalue weighted by molar-refractivity contribution is 0.105. The van der Waals surface area contributed by atoms with Gasteiger partial charge in [-0.15, -0.1) is 0 Å². The lowest BCUT2D eigenvalue weighted by atomic mass is 10.0. The average molecular weight is 248 g/mol. The van der Waals surface area contributed by atoms with E-state index in [1.807, 2.05) is 12.1 Å². The molecule has 3 heteroatoms. The number of aryl methyl sites for hydroxylation is 1. The summed E-state index contributed by atoms with van der Waals surface area (Å²) in [6.07, 6.45) is 3.91. The van der Waals surface area contributed by atoms with Gasteiger partial charge >= 0.3 is 0 Å². The second kappa shape index (κ2) is 6.76. The first-order valence-electron chi connectivity index (χ1n) is 6.92. The number of nitrogens with one attached hydrogen (secondary N) is 1. The van der Waals surface area contributed by atoms with Crippen LogP contribution in [0.2, 0.25) is 0 Å². The van der Waals surface area contributed by atoms with E-state index in [2.05, 4.69) is 24.4 Å². The predicted molar refractivity (Wildman–Crippen MR) is 75.6 cm³/mol. The van der Waals surface area contributed by atoms with Crippen molar-refractivity contribution in [2.24, 2.45) is 5.92 Å². The van der Waals surface area contributed by atoms with E-state index in [1.165, 1.54) is 18.4 Å². The van der Waals surface area contributed by atoms with E-state index in [1.54, 1.807) is 0 Å². The van der Waals surface area contributed by atoms with Gasteiger partial charge in [-0.25, -0.2) is 0 Å². The minimum absolute atomic E-state index is 0.426. The van der Waals surface area contributed by atoms with Crippen LogP contribution in [0, 0.1) is 5.92 Å². The highest BCUT2D eigenvalue weighted by atomic mass is 16.5. The molecule has 3 N–H and O–H groups in total. The Labute approximate surface area is 110 Å². The van der Waals surface area contributed by atoms with Crippen molar-refractivity contribution in [3.05, 3.63) is 29.8 Å². The molecule has 2 unspecified atom stereocenters. The predicted octanol–water partition coefficient (Wildman–Crippen LogP) is 2.22. The van der Waals surface area contributed by atoms with E-state index in [0.717, 1.165) is 31.8 Å². The Morgan fingerprint density at radius 2 is 2.11 bits per heavy atom. The van der Waals surface area contributed by atoms with Gasteiger partial charge in [-0.2, -0.15) is 0 Å². The minimum atomic E-state index is 0.426. The van der Waals surface area contributed by atoms with Crippen molar-refractivity contribution in [2.75, 3.05) is 25.4 Å². The molecule has 2 atom stereocenters. The molecule has 0 aliphatic carbocycles. The van der Waals surface area contributed by atoms with E-state index < -0.39 is 0 Å². The molecule has 0 radical (unpaired) electrons. The molecule has 0 amide bonds. The highest BCUT2D eigenvalue weighted by Gasteiger charge is 2.23. The van der Waals surface area contributed by atoms with Gasteiger partial charge in [0.1, 0.15) is 0 Å². The molecule has 18 heavy (non-hydrogen) atoms. The number of hydrogen-bond donors (Lipinski definition) is 2. The second-order valence-electron chi connectivity index (χ2n) is 5.17. The van der Waals surface area contributed by atoms with E-state index in [-0.39, 0.29) is 0 Å². The summed E-state index contributed by atoms with van der Waals surface area (Å²) in [6, 6.07) is 8.17. The summed E-state index contributed by atoms with van der Waals surface area (Å²) in [5, 5.41) is 3.53. The summed E-state index contributed by atoms with van der Waals surface area (Å²) >= 11 is 0. The minimum Gasteiger partial charge on any atom is -0.399 e. The molecule has 0 bridgehead atoms. The van der Waals surface area contributed by atoms with Gasteiger partial charge < -0.3 is 15.8 Å². The summed E-state index contributed by atoms with van der Waals surface area (Å²) in [6.45, 7) is 5.27. The van der Waals surface area contributed by atoms with Gasteiger partial charge in [-0.3, -0.25) is 0 Å². The Bertz CT molecular complexity index is 350. The van der Waals surface area contributed by atoms with Crippen molar-refractivity contribution in [2.45, 2.75) is 32.3 Å². The smallest absolute Gasteiger partial charge is 0.0588 e. The van der Waals surface area contributed by atoms with Crippen LogP contribution < -0.4 is 11.1 Å². The monoisotopic (exact) mass is 248 g/mol. The summed E-state index contributed by atoms with van der Waals surface area (Å²) in [7, 11) is 0. The third-order valence-corrected chi connectivity index (χ3v) is 3.74. The molecule has 1 aromatic carbocycles. The van der Waals surface area contributed by atoms with Crippen LogP contribution in [0.1, 0.15) is 25.3 Å². The summed E-state index contributed by atoms with van der Waals surface area (Å²) in [4.78, 5) is 0. The molecule has 1 aromatic rings. The third kappa shape index (κ3) is 4.00. The number of rotatable bonds is 6. The zero-order chi connectivity index (χ0) is 12.8. The molecule has 1 aliphatic rings. The van der Waals surface area contributed by atoms with Crippen LogP contribution in [-0.4, -0.2) is 25.8 Å². The fraction of sp³-hybridized carbons (Fsp3) is 0.600. The fourth-order valence-corrected chi connectivity index (χ4v) is 2.43. The number of nitrogens with two attached hydrogens (primary N) is 1. The highest BCUT2D eigenvalue weighted by molar-refractivity contribution is 5.39. The van der Waals surface area contributed by atoms with Crippen LogP contribution in [0.15, 0.2) is 24.3 Å². The van der Waals surface area contributed by atoms with Crippen molar-refractivity contribution in [1.29, 1.82) is 0 Å². The zero-order valence-corrected chi connectivity index (χ0v) is 11.2. The maximum atomic E-state index is 5.66. The van der Waals surface area contributed by atoms with Crippen molar-refractivity contribution < 1.29 is 4.74 Å². The zero-order valence-electron chi connectivity index (χ0n) is 11.2. The first-order chi connectivity index (χ1) is 8.75. The number of anilines is 1. The van der Waals surface area contributed by atoms with Gasteiger partial charge in [-0.1, -0.05) is 12.1 Å². The summed E-state index contributed by atoms with van der Waals surface area (Å²) < 4.78 is 5.55. The van der Waals surface area contributed by atoms with Gasteiger partial charge in [0.25, 0.3) is 0 Å². The van der Waals surface area contributed by atoms with Crippen LogP contribution in [0.4, 0.5) is 5.69 Å². The van der Waals surface area contributed by atoms with Gasteiger partial charge in [0.2, 0.25) is 0 Å². The Balaban J connectivity index is 1.57. The largest absolute Gasteiger partial charge is 0.399 e. The van der Waals surface area contributed by atoms with Crippen molar-refractivity contribution in [1.82, 2.24) is 5.32 Å². The van der Waals surface area contributed by atoms with Gasteiger partial charge in [0.05, 0.1) is 6.10 Å². The number of benzene rings is 1. The van der Waals surface area contributed by atoms with E-state index in [0.29, 0.717) is 12.0 Å². The molecular weight excluding hydrogens is 224 g/mol. The van der Waals surface area contributed by atoms with Crippen molar-refractivity contribution >= 4 is 5.69 Å². The van der Waals surface area contributed by atoms with Crippen LogP contribution in [-0.2, 0) is 11.2 Å². The van der Waals surface area contributed by atoms with Crippen LogP contribution >= 0.6 is 0 Å². The topological polar surface area (TPSA) is 47.3 Å². The van der Waals surface area contributed by atoms with Gasteiger partial charge in [-0.05, 0) is 56.3 Å². The SMILES string of the molecule is CC1OCCC1CNCCCc1ccc(N)cc1. The molecule has 0 spiro atoms. The Morgan fingerprint density at radius 1 is 1.33 bits per heavy atom. The number of ether oxygens (including phenoxy) is 1. The lowest BCUT2D eigenvalue weighted by Crippen LogP contribution is -2.27. The van der Waals surface area contributed by atoms with Crippen LogP contribution in [0.25, 0.3) is 0 Å². The first-order valence-corrected chi connectivity index (χ1v) is 6.92. The quantitative estimate of drug-likeness (QED) is 0.599. The van der Waals surface area contributed by atoms with E-state index in [4.69, 9.17) is 10.5 Å². The fourth-order valence-electron chi connectivity index (χ4n) is 2.43. The first kappa shape index (κ1) is 13.4. The molecule has 100 valence electrons. The maximum Gasteiger partial charge on any atom is 0.0588 e. The Kier molecular flexibility index (Phi) is 5.02. The number of nitrogen functional groups attached to an aromatic ring is 1. The average Bonchev–Trinajstić information content (AvgIpc) is 2.77. The van der Waals surface area contributed by atoms with Gasteiger partial charge in [0.15, 0.2) is 0 Å². The highest BCUT2D eigenvalue weighted by Crippen LogP contribution is 2.19. The maximum absolute atomic E-state index is 5.66. The van der Waals surface area contributed by atoms with E-state index in [9.17, 15) is 0 Å². The molecule has 1 heterocycles. The Morgan fingerprint density at radius 3 is 2.78 bits per heavy atom. The summed E-state index contributed by atoms with van der Waals surface area (Å²) in [5.74, 6) is 0.696. The molecule has 2 rings (SSSR count). The molecular formula is C15H24N2O. The number of hydrogen-bond acceptors (Lipinski definition) is 3. The standard InChI is InChI=1S/C15H24N2O/c1-12-14(8-10-18-12)11-17-9-2-3-13-4-6-15(16)7-5-13/h4-7,12,14,17H,2-3,8-11,16H2,1H3. The lowest BCUT2D eigenvalue weighted by Gasteiger charge is -2.14. The second-order valence-corrected chi connectivity index (χ2v) is 5.17. The van der Waals surface area contributed by atoms with Crippen LogP contribution in [0.5, 0.6) is 0 Å². The molecule has 0 aromatic heterocycles. The summed E-state index contributed by atoms with van der Waals surface area (Å²) in [5.41, 5.74) is 7.87. The third-order valence-electron chi connectivity index (χ3n) is 3.74. The van der Waals surface area contributed by atoms with Crippen molar-refractivity contribution in [3.63, 3.8) is 0 Å². The van der Waals surface area contributed by atoms with Crippen molar-refractivity contribution in [3.8, 4) is 0 Å².